The lowest BCUT2D eigenvalue weighted by Gasteiger charge is -2.13. The van der Waals surface area contributed by atoms with Gasteiger partial charge in [-0.2, -0.15) is 0 Å². The highest BCUT2D eigenvalue weighted by Gasteiger charge is 2.32. The maximum absolute atomic E-state index is 12.4. The van der Waals surface area contributed by atoms with Crippen molar-refractivity contribution in [1.82, 2.24) is 0 Å². The Morgan fingerprint density at radius 3 is 2.30 bits per heavy atom. The van der Waals surface area contributed by atoms with Gasteiger partial charge in [0, 0.05) is 5.56 Å². The summed E-state index contributed by atoms with van der Waals surface area (Å²) in [4.78, 5) is 10.7. The standard InChI is InChI=1S/C16H14F3NO3/c17-16(18,19)23-14-4-2-1-3-12(14)11-7-5-10(6-8-11)9-13(20)15(21)22/h1-8,13H,9,20H2,(H,21,22). The highest BCUT2D eigenvalue weighted by atomic mass is 19.4. The molecule has 0 saturated heterocycles. The molecule has 0 spiro atoms. The van der Waals surface area contributed by atoms with Crippen LogP contribution in [0.15, 0.2) is 48.5 Å². The van der Waals surface area contributed by atoms with Gasteiger partial charge in [-0.3, -0.25) is 4.79 Å². The van der Waals surface area contributed by atoms with Crippen molar-refractivity contribution in [1.29, 1.82) is 0 Å². The van der Waals surface area contributed by atoms with Gasteiger partial charge in [0.2, 0.25) is 0 Å². The van der Waals surface area contributed by atoms with E-state index in [9.17, 15) is 18.0 Å². The number of ether oxygens (including phenoxy) is 1. The van der Waals surface area contributed by atoms with Crippen LogP contribution in [0.5, 0.6) is 5.75 Å². The van der Waals surface area contributed by atoms with Gasteiger partial charge in [-0.1, -0.05) is 42.5 Å². The number of carboxylic acid groups (broad SMARTS) is 1. The van der Waals surface area contributed by atoms with E-state index in [1.807, 2.05) is 0 Å². The summed E-state index contributed by atoms with van der Waals surface area (Å²) < 4.78 is 41.3. The number of nitrogens with two attached hydrogens (primary N) is 1. The van der Waals surface area contributed by atoms with Crippen molar-refractivity contribution in [3.8, 4) is 16.9 Å². The van der Waals surface area contributed by atoms with E-state index in [1.54, 1.807) is 30.3 Å². The summed E-state index contributed by atoms with van der Waals surface area (Å²) >= 11 is 0. The van der Waals surface area contributed by atoms with Gasteiger partial charge < -0.3 is 15.6 Å². The number of aliphatic carboxylic acids is 1. The Labute approximate surface area is 130 Å². The monoisotopic (exact) mass is 325 g/mol. The molecular formula is C16H14F3NO3. The van der Waals surface area contributed by atoms with Crippen LogP contribution in [0.25, 0.3) is 11.1 Å². The number of hydrogen-bond donors (Lipinski definition) is 2. The quantitative estimate of drug-likeness (QED) is 0.885. The lowest BCUT2D eigenvalue weighted by molar-refractivity contribution is -0.274. The van der Waals surface area contributed by atoms with Crippen molar-refractivity contribution >= 4 is 5.97 Å². The SMILES string of the molecule is NC(Cc1ccc(-c2ccccc2OC(F)(F)F)cc1)C(=O)O. The molecule has 1 atom stereocenters. The molecule has 0 fully saturated rings. The first kappa shape index (κ1) is 16.8. The third-order valence-electron chi connectivity index (χ3n) is 3.15. The molecule has 0 saturated carbocycles. The zero-order chi connectivity index (χ0) is 17.0. The number of carbonyl (C=O) groups is 1. The normalized spacial score (nSPS) is 12.7. The van der Waals surface area contributed by atoms with Crippen LogP contribution in [0.1, 0.15) is 5.56 Å². The summed E-state index contributed by atoms with van der Waals surface area (Å²) in [6.07, 6.45) is -4.64. The highest BCUT2D eigenvalue weighted by molar-refractivity contribution is 5.74. The fourth-order valence-corrected chi connectivity index (χ4v) is 2.08. The molecular weight excluding hydrogens is 311 g/mol. The summed E-state index contributed by atoms with van der Waals surface area (Å²) in [6, 6.07) is 11.2. The number of benzene rings is 2. The van der Waals surface area contributed by atoms with E-state index in [1.165, 1.54) is 18.2 Å². The minimum Gasteiger partial charge on any atom is -0.480 e. The van der Waals surface area contributed by atoms with Crippen molar-refractivity contribution < 1.29 is 27.8 Å². The molecule has 7 heteroatoms. The first-order valence-corrected chi connectivity index (χ1v) is 6.69. The average molecular weight is 325 g/mol. The molecule has 0 heterocycles. The Morgan fingerprint density at radius 1 is 1.13 bits per heavy atom. The van der Waals surface area contributed by atoms with Crippen LogP contribution in [0.3, 0.4) is 0 Å². The lowest BCUT2D eigenvalue weighted by atomic mass is 10.0. The molecule has 2 rings (SSSR count). The topological polar surface area (TPSA) is 72.5 Å². The van der Waals surface area contributed by atoms with Gasteiger partial charge in [0.1, 0.15) is 11.8 Å². The summed E-state index contributed by atoms with van der Waals surface area (Å²) in [6.45, 7) is 0. The van der Waals surface area contributed by atoms with Crippen LogP contribution in [-0.4, -0.2) is 23.5 Å². The molecule has 3 N–H and O–H groups in total. The Balaban J connectivity index is 2.24. The average Bonchev–Trinajstić information content (AvgIpc) is 2.47. The van der Waals surface area contributed by atoms with Gasteiger partial charge in [-0.05, 0) is 23.6 Å². The highest BCUT2D eigenvalue weighted by Crippen LogP contribution is 2.33. The molecule has 0 aliphatic carbocycles. The second-order valence-corrected chi connectivity index (χ2v) is 4.89. The van der Waals surface area contributed by atoms with Crippen LogP contribution in [0.4, 0.5) is 13.2 Å². The predicted molar refractivity (Wildman–Crippen MR) is 77.9 cm³/mol. The van der Waals surface area contributed by atoms with Crippen LogP contribution in [0, 0.1) is 0 Å². The molecule has 0 aliphatic rings. The van der Waals surface area contributed by atoms with E-state index in [2.05, 4.69) is 4.74 Å². The van der Waals surface area contributed by atoms with E-state index < -0.39 is 18.4 Å². The van der Waals surface area contributed by atoms with Gasteiger partial charge in [-0.15, -0.1) is 13.2 Å². The van der Waals surface area contributed by atoms with E-state index in [-0.39, 0.29) is 12.2 Å². The maximum Gasteiger partial charge on any atom is 0.573 e. The predicted octanol–water partition coefficient (Wildman–Crippen LogP) is 3.21. The first-order valence-electron chi connectivity index (χ1n) is 6.69. The van der Waals surface area contributed by atoms with Crippen LogP contribution >= 0.6 is 0 Å². The number of para-hydroxylation sites is 1. The molecule has 2 aromatic carbocycles. The number of carboxylic acids is 1. The molecule has 1 unspecified atom stereocenters. The zero-order valence-electron chi connectivity index (χ0n) is 11.9. The third kappa shape index (κ3) is 4.72. The first-order chi connectivity index (χ1) is 10.8. The fraction of sp³-hybridized carbons (Fsp3) is 0.188. The number of hydrogen-bond acceptors (Lipinski definition) is 3. The Morgan fingerprint density at radius 2 is 1.74 bits per heavy atom. The summed E-state index contributed by atoms with van der Waals surface area (Å²) in [7, 11) is 0. The van der Waals surface area contributed by atoms with E-state index in [4.69, 9.17) is 10.8 Å². The second-order valence-electron chi connectivity index (χ2n) is 4.89. The van der Waals surface area contributed by atoms with Gasteiger partial charge >= 0.3 is 12.3 Å². The van der Waals surface area contributed by atoms with E-state index in [0.29, 0.717) is 16.7 Å². The van der Waals surface area contributed by atoms with Crippen molar-refractivity contribution in [2.75, 3.05) is 0 Å². The second kappa shape index (κ2) is 6.70. The molecule has 0 radical (unpaired) electrons. The van der Waals surface area contributed by atoms with E-state index >= 15 is 0 Å². The Bertz CT molecular complexity index is 684. The maximum atomic E-state index is 12.4. The Hall–Kier alpha value is -2.54. The molecule has 23 heavy (non-hydrogen) atoms. The van der Waals surface area contributed by atoms with Crippen molar-refractivity contribution in [3.63, 3.8) is 0 Å². The van der Waals surface area contributed by atoms with Crippen LogP contribution < -0.4 is 10.5 Å². The van der Waals surface area contributed by atoms with Crippen molar-refractivity contribution in [3.05, 3.63) is 54.1 Å². The van der Waals surface area contributed by atoms with E-state index in [0.717, 1.165) is 0 Å². The zero-order valence-corrected chi connectivity index (χ0v) is 11.9. The number of alkyl halides is 3. The number of rotatable bonds is 5. The smallest absolute Gasteiger partial charge is 0.480 e. The third-order valence-corrected chi connectivity index (χ3v) is 3.15. The van der Waals surface area contributed by atoms with Crippen LogP contribution in [-0.2, 0) is 11.2 Å². The van der Waals surface area contributed by atoms with Gasteiger partial charge in [0.05, 0.1) is 0 Å². The Kier molecular flexibility index (Phi) is 4.90. The van der Waals surface area contributed by atoms with Gasteiger partial charge in [-0.25, -0.2) is 0 Å². The summed E-state index contributed by atoms with van der Waals surface area (Å²) in [5.41, 5.74) is 6.94. The number of halogens is 3. The van der Waals surface area contributed by atoms with Crippen molar-refractivity contribution in [2.24, 2.45) is 5.73 Å². The fourth-order valence-electron chi connectivity index (χ4n) is 2.08. The van der Waals surface area contributed by atoms with Gasteiger partial charge in [0.15, 0.2) is 0 Å². The molecule has 0 aromatic heterocycles. The molecule has 0 amide bonds. The molecule has 0 aliphatic heterocycles. The van der Waals surface area contributed by atoms with Gasteiger partial charge in [0.25, 0.3) is 0 Å². The summed E-state index contributed by atoms with van der Waals surface area (Å²) in [5, 5.41) is 8.77. The minimum absolute atomic E-state index is 0.135. The minimum atomic E-state index is -4.77. The molecule has 0 bridgehead atoms. The largest absolute Gasteiger partial charge is 0.573 e. The molecule has 2 aromatic rings. The summed E-state index contributed by atoms with van der Waals surface area (Å²) in [5.74, 6) is -1.41. The molecule has 122 valence electrons. The van der Waals surface area contributed by atoms with Crippen molar-refractivity contribution in [2.45, 2.75) is 18.8 Å². The lowest BCUT2D eigenvalue weighted by Crippen LogP contribution is -2.32. The van der Waals surface area contributed by atoms with Crippen LogP contribution in [0.2, 0.25) is 0 Å². The molecule has 4 nitrogen and oxygen atoms in total.